The zero-order valence-corrected chi connectivity index (χ0v) is 21.8. The molecule has 1 aliphatic carbocycles. The summed E-state index contributed by atoms with van der Waals surface area (Å²) in [6, 6.07) is 20.2. The van der Waals surface area contributed by atoms with Crippen LogP contribution in [0.4, 0.5) is 4.79 Å². The molecule has 0 aliphatic heterocycles. The van der Waals surface area contributed by atoms with Crippen molar-refractivity contribution in [3.05, 3.63) is 84.2 Å². The molecule has 0 unspecified atom stereocenters. The Hall–Kier alpha value is -4.46. The van der Waals surface area contributed by atoms with Gasteiger partial charge in [-0.2, -0.15) is 5.10 Å². The van der Waals surface area contributed by atoms with Gasteiger partial charge in [0.2, 0.25) is 5.91 Å². The smallest absolute Gasteiger partial charge is 0.408 e. The summed E-state index contributed by atoms with van der Waals surface area (Å²) in [5, 5.41) is 8.05. The molecule has 1 saturated carbocycles. The molecular formula is C30H31N5O3. The third-order valence-electron chi connectivity index (χ3n) is 6.68. The van der Waals surface area contributed by atoms with Gasteiger partial charge in [0.15, 0.2) is 5.65 Å². The van der Waals surface area contributed by atoms with E-state index in [-0.39, 0.29) is 0 Å². The molecule has 8 nitrogen and oxygen atoms in total. The number of alkyl carbamates (subject to hydrolysis) is 1. The molecule has 194 valence electrons. The van der Waals surface area contributed by atoms with Gasteiger partial charge in [0, 0.05) is 17.2 Å². The van der Waals surface area contributed by atoms with Crippen LogP contribution in [-0.2, 0) is 15.1 Å². The first-order valence-electron chi connectivity index (χ1n) is 12.7. The van der Waals surface area contributed by atoms with Crippen LogP contribution in [0, 0.1) is 0 Å². The van der Waals surface area contributed by atoms with E-state index in [1.807, 2.05) is 81.4 Å². The van der Waals surface area contributed by atoms with Gasteiger partial charge in [-0.1, -0.05) is 54.6 Å². The SMILES string of the molecule is CC(C)(C)OC(=O)NC1(c2ccc(-c3nn4c(C=CC(N)=O)cnc4cc3-c3ccccc3)cc2)CCC1. The van der Waals surface area contributed by atoms with Gasteiger partial charge in [0.05, 0.1) is 23.1 Å². The molecule has 2 aromatic carbocycles. The van der Waals surface area contributed by atoms with Crippen LogP contribution in [0.25, 0.3) is 34.1 Å². The maximum Gasteiger partial charge on any atom is 0.408 e. The molecule has 5 rings (SSSR count). The lowest BCUT2D eigenvalue weighted by atomic mass is 9.71. The Morgan fingerprint density at radius 2 is 1.76 bits per heavy atom. The number of carbonyl (C=O) groups is 2. The molecule has 0 radical (unpaired) electrons. The number of rotatable bonds is 6. The highest BCUT2D eigenvalue weighted by atomic mass is 16.6. The minimum atomic E-state index is -0.560. The summed E-state index contributed by atoms with van der Waals surface area (Å²) >= 11 is 0. The summed E-state index contributed by atoms with van der Waals surface area (Å²) in [6.07, 6.45) is 6.90. The molecule has 3 N–H and O–H groups in total. The van der Waals surface area contributed by atoms with Gasteiger partial charge in [0.1, 0.15) is 5.60 Å². The lowest BCUT2D eigenvalue weighted by molar-refractivity contribution is -0.113. The number of nitrogens with one attached hydrogen (secondary N) is 1. The van der Waals surface area contributed by atoms with Gasteiger partial charge < -0.3 is 15.8 Å². The summed E-state index contributed by atoms with van der Waals surface area (Å²) in [7, 11) is 0. The van der Waals surface area contributed by atoms with Crippen molar-refractivity contribution in [1.29, 1.82) is 0 Å². The van der Waals surface area contributed by atoms with E-state index in [0.717, 1.165) is 47.2 Å². The Morgan fingerprint density at radius 1 is 1.05 bits per heavy atom. The van der Waals surface area contributed by atoms with Crippen LogP contribution in [0.2, 0.25) is 0 Å². The van der Waals surface area contributed by atoms with Gasteiger partial charge >= 0.3 is 6.09 Å². The van der Waals surface area contributed by atoms with E-state index in [1.54, 1.807) is 16.8 Å². The second-order valence-corrected chi connectivity index (χ2v) is 10.6. The average Bonchev–Trinajstić information content (AvgIpc) is 3.26. The van der Waals surface area contributed by atoms with E-state index < -0.39 is 23.1 Å². The van der Waals surface area contributed by atoms with Crippen LogP contribution in [-0.4, -0.2) is 32.2 Å². The minimum Gasteiger partial charge on any atom is -0.444 e. The van der Waals surface area contributed by atoms with Gasteiger partial charge in [-0.15, -0.1) is 0 Å². The minimum absolute atomic E-state index is 0.406. The Morgan fingerprint density at radius 3 is 2.37 bits per heavy atom. The van der Waals surface area contributed by atoms with E-state index in [9.17, 15) is 9.59 Å². The first kappa shape index (κ1) is 25.2. The lowest BCUT2D eigenvalue weighted by Gasteiger charge is -2.43. The number of primary amides is 1. The predicted molar refractivity (Wildman–Crippen MR) is 147 cm³/mol. The van der Waals surface area contributed by atoms with Crippen molar-refractivity contribution in [2.24, 2.45) is 5.73 Å². The summed E-state index contributed by atoms with van der Waals surface area (Å²) in [6.45, 7) is 5.58. The van der Waals surface area contributed by atoms with Crippen molar-refractivity contribution in [2.75, 3.05) is 0 Å². The zero-order valence-electron chi connectivity index (χ0n) is 21.8. The van der Waals surface area contributed by atoms with Crippen LogP contribution < -0.4 is 11.1 Å². The molecular weight excluding hydrogens is 478 g/mol. The number of hydrogen-bond donors (Lipinski definition) is 2. The fourth-order valence-corrected chi connectivity index (χ4v) is 4.73. The summed E-state index contributed by atoms with van der Waals surface area (Å²) < 4.78 is 7.23. The highest BCUT2D eigenvalue weighted by Crippen LogP contribution is 2.42. The molecule has 0 saturated heterocycles. The predicted octanol–water partition coefficient (Wildman–Crippen LogP) is 5.47. The highest BCUT2D eigenvalue weighted by Gasteiger charge is 2.41. The van der Waals surface area contributed by atoms with Gasteiger partial charge in [-0.25, -0.2) is 14.3 Å². The van der Waals surface area contributed by atoms with E-state index >= 15 is 0 Å². The average molecular weight is 510 g/mol. The third-order valence-corrected chi connectivity index (χ3v) is 6.68. The third kappa shape index (κ3) is 5.16. The number of amides is 2. The van der Waals surface area contributed by atoms with Crippen molar-refractivity contribution < 1.29 is 14.3 Å². The van der Waals surface area contributed by atoms with Crippen molar-refractivity contribution in [1.82, 2.24) is 19.9 Å². The van der Waals surface area contributed by atoms with Crippen LogP contribution in [0.1, 0.15) is 51.3 Å². The number of aromatic nitrogens is 3. The Bertz CT molecular complexity index is 1510. The molecule has 8 heteroatoms. The molecule has 4 aromatic rings. The molecule has 0 bridgehead atoms. The van der Waals surface area contributed by atoms with E-state index in [1.165, 1.54) is 6.08 Å². The van der Waals surface area contributed by atoms with E-state index in [0.29, 0.717) is 11.3 Å². The molecule has 0 spiro atoms. The van der Waals surface area contributed by atoms with Crippen molar-refractivity contribution in [3.63, 3.8) is 0 Å². The van der Waals surface area contributed by atoms with Gasteiger partial charge in [-0.05, 0) is 63.3 Å². The van der Waals surface area contributed by atoms with Crippen LogP contribution in [0.15, 0.2) is 72.9 Å². The van der Waals surface area contributed by atoms with Crippen molar-refractivity contribution in [3.8, 4) is 22.4 Å². The van der Waals surface area contributed by atoms with Gasteiger partial charge in [-0.3, -0.25) is 4.79 Å². The highest BCUT2D eigenvalue weighted by molar-refractivity contribution is 5.90. The first-order valence-corrected chi connectivity index (χ1v) is 12.7. The number of nitrogens with two attached hydrogens (primary N) is 1. The fraction of sp³-hybridized carbons (Fsp3) is 0.267. The molecule has 1 aliphatic rings. The fourth-order valence-electron chi connectivity index (χ4n) is 4.73. The monoisotopic (exact) mass is 509 g/mol. The molecule has 0 atom stereocenters. The first-order chi connectivity index (χ1) is 18.1. The normalized spacial score (nSPS) is 14.8. The zero-order chi connectivity index (χ0) is 26.9. The van der Waals surface area contributed by atoms with Crippen LogP contribution >= 0.6 is 0 Å². The molecule has 2 amide bonds. The molecule has 2 aromatic heterocycles. The summed E-state index contributed by atoms with van der Waals surface area (Å²) in [5.41, 5.74) is 10.3. The lowest BCUT2D eigenvalue weighted by Crippen LogP contribution is -2.52. The number of carbonyl (C=O) groups excluding carboxylic acids is 2. The van der Waals surface area contributed by atoms with E-state index in [4.69, 9.17) is 15.6 Å². The number of benzene rings is 2. The maximum atomic E-state index is 12.6. The number of hydrogen-bond acceptors (Lipinski definition) is 5. The van der Waals surface area contributed by atoms with Gasteiger partial charge in [0.25, 0.3) is 0 Å². The quantitative estimate of drug-likeness (QED) is 0.335. The Balaban J connectivity index is 1.54. The molecule has 2 heterocycles. The largest absolute Gasteiger partial charge is 0.444 e. The topological polar surface area (TPSA) is 112 Å². The number of nitrogens with zero attached hydrogens (tertiary/aromatic N) is 3. The number of fused-ring (bicyclic) bond motifs is 1. The van der Waals surface area contributed by atoms with Crippen molar-refractivity contribution in [2.45, 2.75) is 51.2 Å². The number of imidazole rings is 1. The maximum absolute atomic E-state index is 12.6. The van der Waals surface area contributed by atoms with Crippen LogP contribution in [0.5, 0.6) is 0 Å². The second kappa shape index (κ2) is 9.78. The molecule has 38 heavy (non-hydrogen) atoms. The second-order valence-electron chi connectivity index (χ2n) is 10.6. The van der Waals surface area contributed by atoms with E-state index in [2.05, 4.69) is 10.3 Å². The van der Waals surface area contributed by atoms with Crippen molar-refractivity contribution >= 4 is 23.7 Å². The summed E-state index contributed by atoms with van der Waals surface area (Å²) in [5.74, 6) is -0.540. The standard InChI is InChI=1S/C30H31N5O3/c1-29(2,3)38-28(37)33-30(16-7-17-30)22-12-10-21(11-13-22)27-24(20-8-5-4-6-9-20)18-26-32-19-23(35(26)34-27)14-15-25(31)36/h4-6,8-15,18-19H,7,16-17H2,1-3H3,(H2,31,36)(H,33,37). The summed E-state index contributed by atoms with van der Waals surface area (Å²) in [4.78, 5) is 28.3. The van der Waals surface area contributed by atoms with Crippen LogP contribution in [0.3, 0.4) is 0 Å². The Kier molecular flexibility index (Phi) is 6.48. The Labute approximate surface area is 221 Å². The molecule has 1 fully saturated rings. The number of ether oxygens (including phenoxy) is 1.